The number of pyridine rings is 1. The van der Waals surface area contributed by atoms with Gasteiger partial charge in [-0.2, -0.15) is 0 Å². The molecule has 0 unspecified atom stereocenters. The van der Waals surface area contributed by atoms with Crippen LogP contribution in [0.2, 0.25) is 0 Å². The van der Waals surface area contributed by atoms with Gasteiger partial charge in [-0.15, -0.1) is 0 Å². The molecule has 0 saturated heterocycles. The summed E-state index contributed by atoms with van der Waals surface area (Å²) in [6.07, 6.45) is 2.38. The summed E-state index contributed by atoms with van der Waals surface area (Å²) in [6.45, 7) is 1.57. The van der Waals surface area contributed by atoms with E-state index < -0.39 is 0 Å². The van der Waals surface area contributed by atoms with Gasteiger partial charge in [0.2, 0.25) is 0 Å². The first kappa shape index (κ1) is 23.9. The quantitative estimate of drug-likeness (QED) is 0.185. The van der Waals surface area contributed by atoms with Crippen LogP contribution in [0.1, 0.15) is 28.2 Å². The summed E-state index contributed by atoms with van der Waals surface area (Å²) < 4.78 is 7.18. The van der Waals surface area contributed by atoms with Crippen molar-refractivity contribution in [1.82, 2.24) is 14.5 Å². The lowest BCUT2D eigenvalue weighted by Gasteiger charge is -2.21. The van der Waals surface area contributed by atoms with E-state index in [2.05, 4.69) is 10.3 Å². The Balaban J connectivity index is 1.54. The summed E-state index contributed by atoms with van der Waals surface area (Å²) in [7, 11) is 3.60. The third-order valence-corrected chi connectivity index (χ3v) is 5.77. The zero-order valence-electron chi connectivity index (χ0n) is 19.9. The highest BCUT2D eigenvalue weighted by molar-refractivity contribution is 6.07. The monoisotopic (exact) mass is 471 g/mol. The number of anilines is 2. The average Bonchev–Trinajstić information content (AvgIpc) is 3.20. The fourth-order valence-electron chi connectivity index (χ4n) is 3.85. The number of amides is 1. The van der Waals surface area contributed by atoms with Crippen molar-refractivity contribution in [3.05, 3.63) is 83.8 Å². The molecule has 35 heavy (non-hydrogen) atoms. The second-order valence-corrected chi connectivity index (χ2v) is 8.13. The van der Waals surface area contributed by atoms with Crippen LogP contribution in [0.5, 0.6) is 0 Å². The third kappa shape index (κ3) is 5.47. The molecule has 0 aliphatic rings. The normalized spacial score (nSPS) is 10.9. The van der Waals surface area contributed by atoms with Crippen molar-refractivity contribution >= 4 is 34.3 Å². The second-order valence-electron chi connectivity index (χ2n) is 8.13. The number of rotatable bonds is 10. The first-order valence-corrected chi connectivity index (χ1v) is 11.3. The lowest BCUT2D eigenvalue weighted by atomic mass is 10.1. The number of imidazole rings is 1. The van der Waals surface area contributed by atoms with E-state index in [4.69, 9.17) is 20.9 Å². The summed E-state index contributed by atoms with van der Waals surface area (Å²) in [5.41, 5.74) is 9.34. The Morgan fingerprint density at radius 2 is 1.91 bits per heavy atom. The molecular formula is C26H29N7O2. The van der Waals surface area contributed by atoms with Crippen LogP contribution in [0.25, 0.3) is 11.0 Å². The summed E-state index contributed by atoms with van der Waals surface area (Å²) in [5, 5.41) is 10.8. The smallest absolute Gasteiger partial charge is 0.259 e. The second kappa shape index (κ2) is 10.8. The van der Waals surface area contributed by atoms with Gasteiger partial charge in [0.05, 0.1) is 17.6 Å². The number of nitrogen functional groups attached to an aromatic ring is 1. The molecule has 4 aromatic rings. The maximum atomic E-state index is 13.4. The highest BCUT2D eigenvalue weighted by atomic mass is 16.5. The van der Waals surface area contributed by atoms with Crippen molar-refractivity contribution in [2.24, 2.45) is 12.8 Å². The molecule has 0 fully saturated rings. The molecule has 2 heterocycles. The van der Waals surface area contributed by atoms with Gasteiger partial charge in [-0.05, 0) is 61.0 Å². The Kier molecular flexibility index (Phi) is 7.37. The number of hydrogen-bond donors (Lipinski definition) is 3. The average molecular weight is 472 g/mol. The molecule has 9 nitrogen and oxygen atoms in total. The van der Waals surface area contributed by atoms with Crippen molar-refractivity contribution in [3.63, 3.8) is 0 Å². The molecule has 0 aliphatic carbocycles. The van der Waals surface area contributed by atoms with Crippen molar-refractivity contribution < 1.29 is 9.53 Å². The topological polar surface area (TPSA) is 122 Å². The molecule has 0 atom stereocenters. The number of nitrogens with two attached hydrogens (primary N) is 1. The number of carbonyl (C=O) groups excluding carboxylic acids is 1. The number of nitrogens with zero attached hydrogens (tertiary/aromatic N) is 4. The number of hydrogen-bond acceptors (Lipinski definition) is 6. The minimum absolute atomic E-state index is 0.0394. The molecule has 2 aromatic carbocycles. The van der Waals surface area contributed by atoms with Gasteiger partial charge >= 0.3 is 0 Å². The van der Waals surface area contributed by atoms with E-state index in [0.717, 1.165) is 22.5 Å². The zero-order chi connectivity index (χ0) is 24.8. The molecule has 1 amide bonds. The molecule has 0 aliphatic heterocycles. The number of aromatic nitrogens is 3. The Morgan fingerprint density at radius 1 is 1.14 bits per heavy atom. The standard InChI is InChI=1S/C26H29N7O2/c1-32-22-12-9-19(26(34)33(14-5-15-35-2)23-6-3-4-13-29-23)16-21(22)31-24(32)17-30-20-10-7-18(8-11-20)25(27)28/h3-4,6-13,16,30H,5,14-15,17H2,1-2H3,(H3,27,28). The summed E-state index contributed by atoms with van der Waals surface area (Å²) in [5.74, 6) is 1.35. The van der Waals surface area contributed by atoms with Crippen molar-refractivity contribution in [2.75, 3.05) is 30.5 Å². The van der Waals surface area contributed by atoms with Gasteiger partial charge in [-0.3, -0.25) is 15.1 Å². The van der Waals surface area contributed by atoms with Crippen LogP contribution in [-0.4, -0.2) is 46.5 Å². The Labute approximate surface area is 204 Å². The number of ether oxygens (including phenoxy) is 1. The van der Waals surface area contributed by atoms with E-state index in [1.54, 1.807) is 30.3 Å². The predicted octanol–water partition coefficient (Wildman–Crippen LogP) is 3.55. The van der Waals surface area contributed by atoms with Crippen molar-refractivity contribution in [2.45, 2.75) is 13.0 Å². The largest absolute Gasteiger partial charge is 0.385 e. The molecule has 9 heteroatoms. The molecule has 180 valence electrons. The lowest BCUT2D eigenvalue weighted by Crippen LogP contribution is -2.33. The van der Waals surface area contributed by atoms with Crippen LogP contribution < -0.4 is 16.0 Å². The van der Waals surface area contributed by atoms with Crippen LogP contribution in [0.3, 0.4) is 0 Å². The number of carbonyl (C=O) groups is 1. The van der Waals surface area contributed by atoms with Gasteiger partial charge < -0.3 is 20.4 Å². The van der Waals surface area contributed by atoms with Gasteiger partial charge in [0.1, 0.15) is 17.5 Å². The Bertz CT molecular complexity index is 1320. The number of benzene rings is 2. The number of methoxy groups -OCH3 is 1. The van der Waals surface area contributed by atoms with E-state index >= 15 is 0 Å². The molecular weight excluding hydrogens is 442 g/mol. The van der Waals surface area contributed by atoms with Gasteiger partial charge in [-0.1, -0.05) is 6.07 Å². The first-order valence-electron chi connectivity index (χ1n) is 11.3. The van der Waals surface area contributed by atoms with Crippen LogP contribution in [0.4, 0.5) is 11.5 Å². The summed E-state index contributed by atoms with van der Waals surface area (Å²) >= 11 is 0. The molecule has 2 aromatic heterocycles. The summed E-state index contributed by atoms with van der Waals surface area (Å²) in [4.78, 5) is 24.2. The number of fused-ring (bicyclic) bond motifs is 1. The molecule has 0 bridgehead atoms. The predicted molar refractivity (Wildman–Crippen MR) is 138 cm³/mol. The molecule has 0 spiro atoms. The first-order chi connectivity index (χ1) is 17.0. The number of aryl methyl sites for hydroxylation is 1. The van der Waals surface area contributed by atoms with E-state index in [0.29, 0.717) is 43.1 Å². The van der Waals surface area contributed by atoms with E-state index in [1.807, 2.05) is 60.1 Å². The van der Waals surface area contributed by atoms with Crippen LogP contribution in [0, 0.1) is 5.41 Å². The van der Waals surface area contributed by atoms with Crippen LogP contribution in [-0.2, 0) is 18.3 Å². The Morgan fingerprint density at radius 3 is 2.60 bits per heavy atom. The van der Waals surface area contributed by atoms with Gasteiger partial charge in [0, 0.05) is 50.3 Å². The third-order valence-electron chi connectivity index (χ3n) is 5.77. The van der Waals surface area contributed by atoms with E-state index in [1.165, 1.54) is 0 Å². The fourth-order valence-corrected chi connectivity index (χ4v) is 3.85. The number of nitrogens with one attached hydrogen (secondary N) is 2. The minimum atomic E-state index is -0.127. The zero-order valence-corrected chi connectivity index (χ0v) is 19.9. The molecule has 0 radical (unpaired) electrons. The maximum absolute atomic E-state index is 13.4. The lowest BCUT2D eigenvalue weighted by molar-refractivity contribution is 0.0983. The van der Waals surface area contributed by atoms with Crippen LogP contribution >= 0.6 is 0 Å². The fraction of sp³-hybridized carbons (Fsp3) is 0.231. The maximum Gasteiger partial charge on any atom is 0.259 e. The highest BCUT2D eigenvalue weighted by Crippen LogP contribution is 2.21. The summed E-state index contributed by atoms with van der Waals surface area (Å²) in [6, 6.07) is 18.5. The van der Waals surface area contributed by atoms with Gasteiger partial charge in [-0.25, -0.2) is 9.97 Å². The SMILES string of the molecule is COCCCN(C(=O)c1ccc2c(c1)nc(CNc1ccc(C(=N)N)cc1)n2C)c1ccccn1. The van der Waals surface area contributed by atoms with E-state index in [-0.39, 0.29) is 11.7 Å². The minimum Gasteiger partial charge on any atom is -0.385 e. The van der Waals surface area contributed by atoms with E-state index in [9.17, 15) is 4.79 Å². The molecule has 4 N–H and O–H groups in total. The van der Waals surface area contributed by atoms with Gasteiger partial charge in [0.25, 0.3) is 5.91 Å². The molecule has 4 rings (SSSR count). The van der Waals surface area contributed by atoms with Crippen molar-refractivity contribution in [1.29, 1.82) is 5.41 Å². The molecule has 0 saturated carbocycles. The van der Waals surface area contributed by atoms with Gasteiger partial charge in [0.15, 0.2) is 0 Å². The highest BCUT2D eigenvalue weighted by Gasteiger charge is 2.20. The number of amidine groups is 1. The Hall–Kier alpha value is -4.24. The van der Waals surface area contributed by atoms with Crippen LogP contribution in [0.15, 0.2) is 66.9 Å². The van der Waals surface area contributed by atoms with Crippen molar-refractivity contribution in [3.8, 4) is 0 Å².